The van der Waals surface area contributed by atoms with E-state index in [1.165, 1.54) is 28.1 Å². The minimum absolute atomic E-state index is 0.110. The van der Waals surface area contributed by atoms with E-state index in [1.54, 1.807) is 0 Å². The molecule has 2 aromatic heterocycles. The molecule has 13 heteroatoms. The van der Waals surface area contributed by atoms with Crippen molar-refractivity contribution in [3.05, 3.63) is 180 Å². The van der Waals surface area contributed by atoms with Crippen LogP contribution in [0.25, 0.3) is 44.8 Å². The molecule has 0 saturated carbocycles. The number of nitrogens with two attached hydrogens (primary N) is 1. The van der Waals surface area contributed by atoms with Crippen LogP contribution in [0.2, 0.25) is 0 Å². The summed E-state index contributed by atoms with van der Waals surface area (Å²) in [4.78, 5) is 39.4. The molecule has 0 spiro atoms. The lowest BCUT2D eigenvalue weighted by Gasteiger charge is -2.36. The summed E-state index contributed by atoms with van der Waals surface area (Å²) in [6, 6.07) is 53.0. The van der Waals surface area contributed by atoms with Crippen molar-refractivity contribution in [2.75, 3.05) is 99.5 Å². The van der Waals surface area contributed by atoms with Gasteiger partial charge in [0.1, 0.15) is 47.4 Å². The first-order chi connectivity index (χ1) is 37.3. The third-order valence-corrected chi connectivity index (χ3v) is 14.6. The number of fused-ring (bicyclic) bond motifs is 2. The minimum atomic E-state index is -0.110. The molecule has 7 aromatic carbocycles. The quantitative estimate of drug-likeness (QED) is 0.0651. The van der Waals surface area contributed by atoms with E-state index >= 15 is 0 Å². The lowest BCUT2D eigenvalue weighted by molar-refractivity contribution is 0.102. The van der Waals surface area contributed by atoms with E-state index in [9.17, 15) is 4.79 Å². The molecule has 11 rings (SSSR count). The molecule has 0 unspecified atom stereocenters. The van der Waals surface area contributed by atoms with Crippen LogP contribution in [0.1, 0.15) is 47.8 Å². The van der Waals surface area contributed by atoms with Crippen molar-refractivity contribution >= 4 is 50.7 Å². The Hall–Kier alpha value is -8.13. The minimum Gasteiger partial charge on any atom is -0.492 e. The first kappa shape index (κ1) is 51.4. The number of nitrogen functional groups attached to an aromatic ring is 1. The third kappa shape index (κ3) is 12.7. The first-order valence-corrected chi connectivity index (χ1v) is 27.0. The van der Waals surface area contributed by atoms with Crippen LogP contribution in [0.15, 0.2) is 158 Å². The van der Waals surface area contributed by atoms with Gasteiger partial charge in [0.25, 0.3) is 5.91 Å². The lowest BCUT2D eigenvalue weighted by Crippen LogP contribution is -2.47. The maximum Gasteiger partial charge on any atom is 0.255 e. The van der Waals surface area contributed by atoms with Crippen molar-refractivity contribution in [3.8, 4) is 34.3 Å². The number of carbonyl (C=O) groups excluding carboxylic acids is 1. The molecule has 2 aliphatic rings. The number of benzene rings is 7. The summed E-state index contributed by atoms with van der Waals surface area (Å²) in [5.41, 5.74) is 20.6. The number of rotatable bonds is 17. The van der Waals surface area contributed by atoms with Crippen LogP contribution in [-0.4, -0.2) is 114 Å². The van der Waals surface area contributed by atoms with Crippen molar-refractivity contribution < 1.29 is 14.3 Å². The van der Waals surface area contributed by atoms with Gasteiger partial charge in [-0.1, -0.05) is 93.6 Å². The van der Waals surface area contributed by atoms with Gasteiger partial charge in [-0.05, 0) is 121 Å². The summed E-state index contributed by atoms with van der Waals surface area (Å²) in [7, 11) is 0. The predicted octanol–water partition coefficient (Wildman–Crippen LogP) is 11.4. The number of H-pyrrole nitrogens is 2. The fraction of sp³-hybridized carbons (Fsp3) is 0.286. The normalized spacial score (nSPS) is 14.1. The van der Waals surface area contributed by atoms with Gasteiger partial charge < -0.3 is 40.3 Å². The number of nitrogens with zero attached hydrogens (tertiary/aromatic N) is 6. The Morgan fingerprint density at radius 1 is 0.513 bits per heavy atom. The maximum atomic E-state index is 12.5. The van der Waals surface area contributed by atoms with Gasteiger partial charge in [0.2, 0.25) is 0 Å². The van der Waals surface area contributed by atoms with E-state index < -0.39 is 0 Å². The highest BCUT2D eigenvalue weighted by atomic mass is 16.5. The molecular formula is C63H70N10O3. The molecule has 0 aliphatic carbocycles. The molecule has 13 nitrogen and oxygen atoms in total. The van der Waals surface area contributed by atoms with Gasteiger partial charge in [-0.25, -0.2) is 9.97 Å². The van der Waals surface area contributed by atoms with Gasteiger partial charge in [0.15, 0.2) is 0 Å². The Balaban J connectivity index is 0.000000179. The number of hydrogen-bond acceptors (Lipinski definition) is 10. The number of amides is 1. The van der Waals surface area contributed by atoms with Crippen LogP contribution >= 0.6 is 0 Å². The topological polar surface area (TPSA) is 144 Å². The molecule has 0 radical (unpaired) electrons. The van der Waals surface area contributed by atoms with Gasteiger partial charge >= 0.3 is 0 Å². The summed E-state index contributed by atoms with van der Waals surface area (Å²) in [5.74, 6) is 3.40. The third-order valence-electron chi connectivity index (χ3n) is 14.6. The summed E-state index contributed by atoms with van der Waals surface area (Å²) < 4.78 is 11.9. The monoisotopic (exact) mass is 1010 g/mol. The molecule has 9 aromatic rings. The van der Waals surface area contributed by atoms with E-state index in [2.05, 4.69) is 141 Å². The average molecular weight is 1020 g/mol. The highest BCUT2D eigenvalue weighted by Crippen LogP contribution is 2.31. The number of aromatic nitrogens is 4. The molecule has 0 atom stereocenters. The Labute approximate surface area is 446 Å². The Morgan fingerprint density at radius 2 is 0.921 bits per heavy atom. The van der Waals surface area contributed by atoms with Gasteiger partial charge in [0.05, 0.1) is 22.4 Å². The first-order valence-electron chi connectivity index (χ1n) is 27.0. The SMILES string of the molecule is CCc1ccc(-c2nc3c(N4CCN(CCOc5ccc(N)cc5)CC4)cccc3[nH]2)cc1.CCc1ccc(C(=O)Nc2ccc(OCCN3CCN(c4cccc5[nH]c(-c6ccc(CC)cc6)nc45)CC3)cc2)cc1. The van der Waals surface area contributed by atoms with Gasteiger partial charge in [-0.3, -0.25) is 14.6 Å². The molecule has 2 fully saturated rings. The predicted molar refractivity (Wildman–Crippen MR) is 311 cm³/mol. The molecule has 2 aliphatic heterocycles. The standard InChI is InChI=1S/C36H39N5O2.C27H31N5O/c1-3-26-8-12-28(13-9-26)35-38-32-6-5-7-33(34(32)39-35)41-22-20-40(21-23-41)24-25-43-31-18-16-30(17-19-31)37-36(42)29-14-10-27(4-2)11-15-29;1-2-20-6-8-21(9-7-20)27-29-24-4-3-5-25(26(24)30-27)32-16-14-31(15-17-32)18-19-33-23-12-10-22(28)11-13-23/h5-19H,3-4,20-25H2,1-2H3,(H,37,42)(H,38,39);3-13H,2,14-19,28H2,1H3,(H,29,30). The molecule has 4 heterocycles. The average Bonchev–Trinajstić information content (AvgIpc) is 4.13. The van der Waals surface area contributed by atoms with Crippen molar-refractivity contribution in [2.24, 2.45) is 0 Å². The molecule has 76 heavy (non-hydrogen) atoms. The van der Waals surface area contributed by atoms with Crippen molar-refractivity contribution in [3.63, 3.8) is 0 Å². The molecule has 5 N–H and O–H groups in total. The lowest BCUT2D eigenvalue weighted by atomic mass is 10.1. The second-order valence-corrected chi connectivity index (χ2v) is 19.6. The number of aryl methyl sites for hydroxylation is 3. The zero-order valence-corrected chi connectivity index (χ0v) is 44.1. The molecule has 2 saturated heterocycles. The molecule has 1 amide bonds. The number of aromatic amines is 2. The van der Waals surface area contributed by atoms with Crippen LogP contribution < -0.4 is 30.3 Å². The number of para-hydroxylation sites is 2. The van der Waals surface area contributed by atoms with E-state index in [0.717, 1.165) is 152 Å². The molecular weight excluding hydrogens is 945 g/mol. The number of piperazine rings is 2. The fourth-order valence-corrected chi connectivity index (χ4v) is 9.92. The number of hydrogen-bond donors (Lipinski definition) is 4. The summed E-state index contributed by atoms with van der Waals surface area (Å²) in [5, 5.41) is 2.96. The number of nitrogens with one attached hydrogen (secondary N) is 3. The van der Waals surface area contributed by atoms with Crippen LogP contribution in [0.5, 0.6) is 11.5 Å². The Morgan fingerprint density at radius 3 is 1.34 bits per heavy atom. The highest BCUT2D eigenvalue weighted by Gasteiger charge is 2.22. The van der Waals surface area contributed by atoms with Crippen LogP contribution in [-0.2, 0) is 19.3 Å². The second-order valence-electron chi connectivity index (χ2n) is 19.6. The van der Waals surface area contributed by atoms with E-state index in [-0.39, 0.29) is 5.91 Å². The number of imidazole rings is 2. The second kappa shape index (κ2) is 24.5. The number of anilines is 4. The summed E-state index contributed by atoms with van der Waals surface area (Å²) in [6.45, 7) is 17.4. The van der Waals surface area contributed by atoms with Crippen molar-refractivity contribution in [1.82, 2.24) is 29.7 Å². The van der Waals surface area contributed by atoms with E-state index in [4.69, 9.17) is 25.2 Å². The number of ether oxygens (including phenoxy) is 2. The fourth-order valence-electron chi connectivity index (χ4n) is 9.92. The van der Waals surface area contributed by atoms with Crippen molar-refractivity contribution in [2.45, 2.75) is 40.0 Å². The van der Waals surface area contributed by atoms with Crippen LogP contribution in [0.4, 0.5) is 22.7 Å². The molecule has 0 bridgehead atoms. The Kier molecular flexibility index (Phi) is 16.5. The number of carbonyl (C=O) groups is 1. The van der Waals surface area contributed by atoms with Gasteiger partial charge in [-0.15, -0.1) is 0 Å². The smallest absolute Gasteiger partial charge is 0.255 e. The van der Waals surface area contributed by atoms with E-state index in [1.807, 2.05) is 72.8 Å². The van der Waals surface area contributed by atoms with E-state index in [0.29, 0.717) is 18.8 Å². The van der Waals surface area contributed by atoms with Crippen molar-refractivity contribution in [1.29, 1.82) is 0 Å². The summed E-state index contributed by atoms with van der Waals surface area (Å²) >= 11 is 0. The Bertz CT molecular complexity index is 3280. The molecule has 390 valence electrons. The maximum absolute atomic E-state index is 12.5. The zero-order chi connectivity index (χ0) is 52.2. The largest absolute Gasteiger partial charge is 0.492 e. The van der Waals surface area contributed by atoms with Gasteiger partial charge in [-0.2, -0.15) is 0 Å². The van der Waals surface area contributed by atoms with Gasteiger partial charge in [0, 0.05) is 93.5 Å². The highest BCUT2D eigenvalue weighted by molar-refractivity contribution is 6.04. The van der Waals surface area contributed by atoms with Crippen LogP contribution in [0.3, 0.4) is 0 Å². The zero-order valence-electron chi connectivity index (χ0n) is 44.1. The summed E-state index contributed by atoms with van der Waals surface area (Å²) in [6.07, 6.45) is 3.04. The van der Waals surface area contributed by atoms with Crippen LogP contribution in [0, 0.1) is 0 Å².